The van der Waals surface area contributed by atoms with Gasteiger partial charge in [-0.1, -0.05) is 23.7 Å². The Morgan fingerprint density at radius 2 is 1.83 bits per heavy atom. The lowest BCUT2D eigenvalue weighted by molar-refractivity contribution is -0.122. The van der Waals surface area contributed by atoms with E-state index in [4.69, 9.17) is 11.6 Å². The molecule has 1 heterocycles. The van der Waals surface area contributed by atoms with Crippen molar-refractivity contribution in [2.75, 3.05) is 20.6 Å². The van der Waals surface area contributed by atoms with Crippen LogP contribution in [0.4, 0.5) is 0 Å². The molecule has 2 atom stereocenters. The van der Waals surface area contributed by atoms with Crippen LogP contribution < -0.4 is 10.6 Å². The topological polar surface area (TPSA) is 61.4 Å². The van der Waals surface area contributed by atoms with Gasteiger partial charge in [0.2, 0.25) is 11.8 Å². The second-order valence-corrected chi connectivity index (χ2v) is 6.47. The first-order chi connectivity index (χ1) is 11.0. The number of halogens is 1. The molecule has 0 radical (unpaired) electrons. The molecule has 0 spiro atoms. The van der Waals surface area contributed by atoms with Gasteiger partial charge in [-0.25, -0.2) is 0 Å². The summed E-state index contributed by atoms with van der Waals surface area (Å²) in [6, 6.07) is 7.86. The first-order valence-corrected chi connectivity index (χ1v) is 8.31. The molecule has 5 nitrogen and oxygen atoms in total. The highest BCUT2D eigenvalue weighted by molar-refractivity contribution is 6.30. The second kappa shape index (κ2) is 8.31. The Kier molecular flexibility index (Phi) is 6.42. The summed E-state index contributed by atoms with van der Waals surface area (Å²) in [6.45, 7) is 0.618. The van der Waals surface area contributed by atoms with E-state index in [-0.39, 0.29) is 17.9 Å². The average molecular weight is 338 g/mol. The van der Waals surface area contributed by atoms with E-state index < -0.39 is 0 Å². The quantitative estimate of drug-likeness (QED) is 0.829. The first-order valence-electron chi connectivity index (χ1n) is 7.93. The van der Waals surface area contributed by atoms with Crippen LogP contribution in [0.25, 0.3) is 0 Å². The predicted octanol–water partition coefficient (Wildman–Crippen LogP) is 1.60. The van der Waals surface area contributed by atoms with Gasteiger partial charge in [-0.3, -0.25) is 14.5 Å². The molecule has 1 aliphatic rings. The maximum absolute atomic E-state index is 12.0. The monoisotopic (exact) mass is 337 g/mol. The van der Waals surface area contributed by atoms with Crippen LogP contribution >= 0.6 is 11.6 Å². The summed E-state index contributed by atoms with van der Waals surface area (Å²) in [7, 11) is 3.68. The van der Waals surface area contributed by atoms with Crippen LogP contribution in [-0.2, 0) is 16.0 Å². The van der Waals surface area contributed by atoms with E-state index >= 15 is 0 Å². The standard InChI is InChI=1S/C17H24ClN3O2/c1-19-16(22)10-14-7-8-15(21(14)2)11-20-17(23)9-12-3-5-13(18)6-4-12/h3-6,14-15H,7-11H2,1-2H3,(H,19,22)(H,20,23)/t14-,15+/m1/s1. The molecule has 0 unspecified atom stereocenters. The number of benzene rings is 1. The van der Waals surface area contributed by atoms with E-state index in [1.54, 1.807) is 19.2 Å². The molecule has 0 saturated carbocycles. The number of amides is 2. The van der Waals surface area contributed by atoms with Crippen LogP contribution in [0.1, 0.15) is 24.8 Å². The smallest absolute Gasteiger partial charge is 0.224 e. The Morgan fingerprint density at radius 1 is 1.17 bits per heavy atom. The number of nitrogens with zero attached hydrogens (tertiary/aromatic N) is 1. The molecule has 1 aromatic carbocycles. The van der Waals surface area contributed by atoms with Gasteiger partial charge in [0.15, 0.2) is 0 Å². The van der Waals surface area contributed by atoms with E-state index in [0.29, 0.717) is 30.5 Å². The maximum Gasteiger partial charge on any atom is 0.224 e. The fourth-order valence-electron chi connectivity index (χ4n) is 2.98. The van der Waals surface area contributed by atoms with Crippen LogP contribution in [0, 0.1) is 0 Å². The predicted molar refractivity (Wildman–Crippen MR) is 91.4 cm³/mol. The molecule has 2 amide bonds. The average Bonchev–Trinajstić information content (AvgIpc) is 2.88. The number of carbonyl (C=O) groups is 2. The summed E-state index contributed by atoms with van der Waals surface area (Å²) in [6.07, 6.45) is 2.86. The van der Waals surface area contributed by atoms with Gasteiger partial charge in [0.1, 0.15) is 0 Å². The highest BCUT2D eigenvalue weighted by Gasteiger charge is 2.31. The van der Waals surface area contributed by atoms with Crippen molar-refractivity contribution in [2.45, 2.75) is 37.8 Å². The van der Waals surface area contributed by atoms with E-state index in [1.807, 2.05) is 19.2 Å². The van der Waals surface area contributed by atoms with Crippen molar-refractivity contribution in [3.8, 4) is 0 Å². The van der Waals surface area contributed by atoms with Gasteiger partial charge in [0.25, 0.3) is 0 Å². The van der Waals surface area contributed by atoms with Crippen LogP contribution in [-0.4, -0.2) is 49.4 Å². The molecule has 0 aromatic heterocycles. The molecular formula is C17H24ClN3O2. The third-order valence-corrected chi connectivity index (χ3v) is 4.75. The molecular weight excluding hydrogens is 314 g/mol. The van der Waals surface area contributed by atoms with Gasteiger partial charge in [0, 0.05) is 37.1 Å². The molecule has 2 N–H and O–H groups in total. The van der Waals surface area contributed by atoms with Gasteiger partial charge in [0.05, 0.1) is 6.42 Å². The van der Waals surface area contributed by atoms with E-state index in [1.165, 1.54) is 0 Å². The van der Waals surface area contributed by atoms with Gasteiger partial charge < -0.3 is 10.6 Å². The highest BCUT2D eigenvalue weighted by Crippen LogP contribution is 2.24. The Balaban J connectivity index is 1.76. The number of likely N-dealkylation sites (tertiary alicyclic amines) is 1. The fraction of sp³-hybridized carbons (Fsp3) is 0.529. The van der Waals surface area contributed by atoms with Crippen LogP contribution in [0.15, 0.2) is 24.3 Å². The van der Waals surface area contributed by atoms with E-state index in [2.05, 4.69) is 15.5 Å². The summed E-state index contributed by atoms with van der Waals surface area (Å²) in [4.78, 5) is 25.7. The van der Waals surface area contributed by atoms with Crippen molar-refractivity contribution in [1.29, 1.82) is 0 Å². The Hall–Kier alpha value is -1.59. The number of likely N-dealkylation sites (N-methyl/N-ethyl adjacent to an activating group) is 1. The van der Waals surface area contributed by atoms with Crippen molar-refractivity contribution in [3.05, 3.63) is 34.9 Å². The third-order valence-electron chi connectivity index (χ3n) is 4.50. The van der Waals surface area contributed by atoms with Gasteiger partial charge >= 0.3 is 0 Å². The molecule has 0 bridgehead atoms. The minimum Gasteiger partial charge on any atom is -0.359 e. The molecule has 23 heavy (non-hydrogen) atoms. The van der Waals surface area contributed by atoms with E-state index in [0.717, 1.165) is 18.4 Å². The minimum atomic E-state index is 0.00970. The van der Waals surface area contributed by atoms with Gasteiger partial charge in [-0.2, -0.15) is 0 Å². The van der Waals surface area contributed by atoms with Gasteiger partial charge in [-0.05, 0) is 37.6 Å². The fourth-order valence-corrected chi connectivity index (χ4v) is 3.11. The zero-order valence-electron chi connectivity index (χ0n) is 13.6. The Bertz CT molecular complexity index is 547. The molecule has 1 fully saturated rings. The summed E-state index contributed by atoms with van der Waals surface area (Å²) in [5.74, 6) is 0.0738. The maximum atomic E-state index is 12.0. The van der Waals surface area contributed by atoms with Crippen molar-refractivity contribution < 1.29 is 9.59 Å². The number of rotatable bonds is 6. The largest absolute Gasteiger partial charge is 0.359 e. The Labute approximate surface area is 142 Å². The molecule has 2 rings (SSSR count). The number of hydrogen-bond donors (Lipinski definition) is 2. The number of hydrogen-bond acceptors (Lipinski definition) is 3. The zero-order chi connectivity index (χ0) is 16.8. The second-order valence-electron chi connectivity index (χ2n) is 6.04. The lowest BCUT2D eigenvalue weighted by atomic mass is 10.1. The molecule has 0 aliphatic carbocycles. The zero-order valence-corrected chi connectivity index (χ0v) is 14.4. The summed E-state index contributed by atoms with van der Waals surface area (Å²) in [5.41, 5.74) is 0.948. The first kappa shape index (κ1) is 17.8. The molecule has 1 saturated heterocycles. The lowest BCUT2D eigenvalue weighted by Gasteiger charge is -2.25. The van der Waals surface area contributed by atoms with Gasteiger partial charge in [-0.15, -0.1) is 0 Å². The van der Waals surface area contributed by atoms with Crippen LogP contribution in [0.5, 0.6) is 0 Å². The van der Waals surface area contributed by atoms with Crippen LogP contribution in [0.2, 0.25) is 5.02 Å². The number of carbonyl (C=O) groups excluding carboxylic acids is 2. The molecule has 1 aliphatic heterocycles. The van der Waals surface area contributed by atoms with E-state index in [9.17, 15) is 9.59 Å². The SMILES string of the molecule is CNC(=O)C[C@H]1CC[C@@H](CNC(=O)Cc2ccc(Cl)cc2)N1C. The molecule has 6 heteroatoms. The molecule has 126 valence electrons. The summed E-state index contributed by atoms with van der Waals surface area (Å²) >= 11 is 5.84. The third kappa shape index (κ3) is 5.22. The van der Waals surface area contributed by atoms with Crippen molar-refractivity contribution in [1.82, 2.24) is 15.5 Å². The van der Waals surface area contributed by atoms with Crippen LogP contribution in [0.3, 0.4) is 0 Å². The summed E-state index contributed by atoms with van der Waals surface area (Å²) in [5, 5.41) is 6.33. The lowest BCUT2D eigenvalue weighted by Crippen LogP contribution is -2.42. The van der Waals surface area contributed by atoms with Crippen molar-refractivity contribution in [2.24, 2.45) is 0 Å². The summed E-state index contributed by atoms with van der Waals surface area (Å²) < 4.78 is 0. The van der Waals surface area contributed by atoms with Crippen molar-refractivity contribution >= 4 is 23.4 Å². The highest BCUT2D eigenvalue weighted by atomic mass is 35.5. The minimum absolute atomic E-state index is 0.00970. The number of nitrogens with one attached hydrogen (secondary N) is 2. The van der Waals surface area contributed by atoms with Crippen molar-refractivity contribution in [3.63, 3.8) is 0 Å². The normalized spacial score (nSPS) is 21.2. The molecule has 1 aromatic rings. The Morgan fingerprint density at radius 3 is 2.48 bits per heavy atom.